The minimum Gasteiger partial charge on any atom is -0.354 e. The molecule has 2 aromatic heterocycles. The molecule has 0 spiro atoms. The van der Waals surface area contributed by atoms with Crippen LogP contribution < -0.4 is 15.1 Å². The van der Waals surface area contributed by atoms with Crippen LogP contribution >= 0.6 is 11.3 Å². The number of aromatic nitrogens is 1. The number of nitrogens with zero attached hydrogens (tertiary/aromatic N) is 1. The van der Waals surface area contributed by atoms with Crippen molar-refractivity contribution in [1.29, 1.82) is 0 Å². The summed E-state index contributed by atoms with van der Waals surface area (Å²) in [5, 5.41) is 6.40. The van der Waals surface area contributed by atoms with Gasteiger partial charge in [-0.3, -0.25) is 0 Å². The third kappa shape index (κ3) is 5.61. The lowest BCUT2D eigenvalue weighted by molar-refractivity contribution is 0.332. The van der Waals surface area contributed by atoms with Crippen molar-refractivity contribution in [3.8, 4) is 22.3 Å². The molecule has 305 valence electrons. The van der Waals surface area contributed by atoms with Gasteiger partial charge in [0.2, 0.25) is 7.28 Å². The van der Waals surface area contributed by atoms with Gasteiger partial charge in [-0.05, 0) is 156 Å². The van der Waals surface area contributed by atoms with Crippen molar-refractivity contribution in [2.24, 2.45) is 0 Å². The largest absolute Gasteiger partial charge is 0.354 e. The van der Waals surface area contributed by atoms with Crippen LogP contribution in [0.1, 0.15) is 103 Å². The number of hydrogen-bond donors (Lipinski definition) is 1. The Kier molecular flexibility index (Phi) is 7.99. The first-order valence-electron chi connectivity index (χ1n) is 22.8. The first kappa shape index (κ1) is 38.1. The highest BCUT2D eigenvalue weighted by atomic mass is 32.1. The molecule has 0 saturated heterocycles. The normalized spacial score (nSPS) is 18.0. The van der Waals surface area contributed by atoms with Gasteiger partial charge >= 0.3 is 0 Å². The third-order valence-electron chi connectivity index (χ3n) is 15.6. The van der Waals surface area contributed by atoms with Crippen LogP contribution in [0.15, 0.2) is 127 Å². The molecule has 0 atom stereocenters. The van der Waals surface area contributed by atoms with Crippen LogP contribution in [0.3, 0.4) is 0 Å². The van der Waals surface area contributed by atoms with E-state index in [4.69, 9.17) is 0 Å². The number of rotatable bonds is 3. The van der Waals surface area contributed by atoms with E-state index in [2.05, 4.69) is 200 Å². The number of fused-ring (bicyclic) bond motifs is 10. The molecule has 1 N–H and O–H groups in total. The summed E-state index contributed by atoms with van der Waals surface area (Å²) < 4.78 is 2.70. The molecular formula is C58H54BN2S. The van der Waals surface area contributed by atoms with Crippen molar-refractivity contribution in [3.63, 3.8) is 0 Å². The van der Waals surface area contributed by atoms with Gasteiger partial charge in [0.1, 0.15) is 0 Å². The second-order valence-electron chi connectivity index (χ2n) is 21.4. The topological polar surface area (TPSA) is 19.0 Å². The van der Waals surface area contributed by atoms with Gasteiger partial charge in [-0.1, -0.05) is 134 Å². The number of aromatic amines is 1. The summed E-state index contributed by atoms with van der Waals surface area (Å²) in [6.45, 7) is 19.6. The maximum atomic E-state index is 3.96. The lowest BCUT2D eigenvalue weighted by Gasteiger charge is -2.43. The smallest absolute Gasteiger partial charge is 0.211 e. The maximum Gasteiger partial charge on any atom is 0.211 e. The average molecular weight is 822 g/mol. The van der Waals surface area contributed by atoms with Gasteiger partial charge in [-0.2, -0.15) is 0 Å². The lowest BCUT2D eigenvalue weighted by Crippen LogP contribution is -2.40. The summed E-state index contributed by atoms with van der Waals surface area (Å²) in [6, 6.07) is 48.9. The standard InChI is InChI=1S/C58H54BN2S/c1-55(2)23-24-56(3,4)45-31-38(21-22-44(45)55)61-49-30-37(34-15-10-9-11-16-34)28-42(40-20-14-19-39-41-27-35-17-12-13-18-36(35)29-48(41)60-52(39)40)51(49)59-54-53(61)43-32-46-47(33-50(43)62-54)58(7,8)26-25-57(46,5)6/h9-22,27-33,60H,23-26H2,1-8H3. The van der Waals surface area contributed by atoms with E-state index in [0.717, 1.165) is 0 Å². The van der Waals surface area contributed by atoms with Crippen molar-refractivity contribution >= 4 is 88.6 Å². The van der Waals surface area contributed by atoms with Crippen LogP contribution in [-0.2, 0) is 21.7 Å². The quantitative estimate of drug-likeness (QED) is 0.176. The maximum absolute atomic E-state index is 3.96. The fraction of sp³-hybridized carbons (Fsp3) is 0.276. The molecule has 0 unspecified atom stereocenters. The third-order valence-corrected chi connectivity index (χ3v) is 16.6. The highest BCUT2D eigenvalue weighted by molar-refractivity contribution is 7.29. The van der Waals surface area contributed by atoms with Gasteiger partial charge in [-0.25, -0.2) is 0 Å². The first-order chi connectivity index (χ1) is 29.7. The van der Waals surface area contributed by atoms with Crippen molar-refractivity contribution in [1.82, 2.24) is 4.98 Å². The molecule has 0 amide bonds. The Bertz CT molecular complexity index is 3340. The van der Waals surface area contributed by atoms with Crippen molar-refractivity contribution in [3.05, 3.63) is 150 Å². The Balaban J connectivity index is 1.18. The van der Waals surface area contributed by atoms with Gasteiger partial charge in [0.15, 0.2) is 0 Å². The minimum atomic E-state index is 0.0763. The molecule has 1 radical (unpaired) electrons. The first-order valence-corrected chi connectivity index (χ1v) is 23.6. The van der Waals surface area contributed by atoms with E-state index in [1.165, 1.54) is 140 Å². The van der Waals surface area contributed by atoms with E-state index >= 15 is 0 Å². The number of nitrogens with one attached hydrogen (secondary N) is 1. The molecule has 9 aromatic rings. The highest BCUT2D eigenvalue weighted by Crippen LogP contribution is 2.53. The van der Waals surface area contributed by atoms with E-state index in [-0.39, 0.29) is 21.7 Å². The van der Waals surface area contributed by atoms with Gasteiger partial charge in [-0.15, -0.1) is 11.3 Å². The van der Waals surface area contributed by atoms with E-state index in [1.54, 1.807) is 0 Å². The molecule has 12 rings (SSSR count). The van der Waals surface area contributed by atoms with E-state index in [0.29, 0.717) is 0 Å². The van der Waals surface area contributed by atoms with E-state index in [9.17, 15) is 0 Å². The van der Waals surface area contributed by atoms with Gasteiger partial charge in [0, 0.05) is 43.3 Å². The average Bonchev–Trinajstić information content (AvgIpc) is 3.82. The fourth-order valence-corrected chi connectivity index (χ4v) is 12.7. The molecule has 3 heterocycles. The zero-order chi connectivity index (χ0) is 42.5. The molecule has 1 aliphatic heterocycles. The van der Waals surface area contributed by atoms with Crippen molar-refractivity contribution < 1.29 is 0 Å². The zero-order valence-corrected chi connectivity index (χ0v) is 38.2. The molecular weight excluding hydrogens is 768 g/mol. The van der Waals surface area contributed by atoms with Gasteiger partial charge in [0.25, 0.3) is 0 Å². The molecule has 2 nitrogen and oxygen atoms in total. The number of H-pyrrole nitrogens is 1. The van der Waals surface area contributed by atoms with Crippen LogP contribution in [0.4, 0.5) is 17.1 Å². The Morgan fingerprint density at radius 1 is 0.516 bits per heavy atom. The van der Waals surface area contributed by atoms with Crippen molar-refractivity contribution in [2.45, 2.75) is 103 Å². The Labute approximate surface area is 371 Å². The molecule has 0 bridgehead atoms. The van der Waals surface area contributed by atoms with Gasteiger partial charge < -0.3 is 9.88 Å². The predicted octanol–water partition coefficient (Wildman–Crippen LogP) is 15.2. The van der Waals surface area contributed by atoms with Crippen molar-refractivity contribution in [2.75, 3.05) is 4.90 Å². The second-order valence-corrected chi connectivity index (χ2v) is 22.5. The van der Waals surface area contributed by atoms with Crippen LogP contribution in [0.2, 0.25) is 0 Å². The molecule has 0 fully saturated rings. The van der Waals surface area contributed by atoms with E-state index < -0.39 is 0 Å². The van der Waals surface area contributed by atoms with Crippen LogP contribution in [0, 0.1) is 0 Å². The van der Waals surface area contributed by atoms with E-state index in [1.807, 2.05) is 11.3 Å². The number of para-hydroxylation sites is 1. The monoisotopic (exact) mass is 821 g/mol. The molecule has 7 aromatic carbocycles. The summed E-state index contributed by atoms with van der Waals surface area (Å²) in [5.74, 6) is 0. The molecule has 3 aliphatic rings. The SMILES string of the molecule is CC1(C)CCC(C)(C)c2cc(N3c4cc(-c5ccccc5)cc(-c5cccc6c5[nH]c5cc7ccccc7cc56)c4[B]c4sc5cc6c(cc5c43)C(C)(C)CCC6(C)C)ccc21. The zero-order valence-electron chi connectivity index (χ0n) is 37.4. The Morgan fingerprint density at radius 3 is 1.89 bits per heavy atom. The summed E-state index contributed by atoms with van der Waals surface area (Å²) >= 11 is 1.97. The van der Waals surface area contributed by atoms with Crippen LogP contribution in [0.25, 0.3) is 64.9 Å². The summed E-state index contributed by atoms with van der Waals surface area (Å²) in [5.41, 5.74) is 18.8. The Morgan fingerprint density at radius 2 is 1.16 bits per heavy atom. The summed E-state index contributed by atoms with van der Waals surface area (Å²) in [7, 11) is 2.53. The fourth-order valence-electron chi connectivity index (χ4n) is 11.6. The molecule has 4 heteroatoms. The second kappa shape index (κ2) is 13.0. The molecule has 2 aliphatic carbocycles. The highest BCUT2D eigenvalue weighted by Gasteiger charge is 2.41. The number of benzene rings is 7. The predicted molar refractivity (Wildman–Crippen MR) is 270 cm³/mol. The number of anilines is 3. The molecule has 0 saturated carbocycles. The summed E-state index contributed by atoms with van der Waals surface area (Å²) in [6.07, 6.45) is 4.77. The summed E-state index contributed by atoms with van der Waals surface area (Å²) in [4.78, 5) is 6.63. The number of thiophene rings is 1. The number of hydrogen-bond acceptors (Lipinski definition) is 2. The lowest BCUT2D eigenvalue weighted by atomic mass is 9.61. The van der Waals surface area contributed by atoms with Crippen LogP contribution in [0.5, 0.6) is 0 Å². The van der Waals surface area contributed by atoms with Crippen LogP contribution in [-0.4, -0.2) is 12.3 Å². The molecule has 62 heavy (non-hydrogen) atoms. The Hall–Kier alpha value is -5.58. The minimum absolute atomic E-state index is 0.0763. The van der Waals surface area contributed by atoms with Gasteiger partial charge in [0.05, 0.1) is 11.2 Å².